The molecule has 0 N–H and O–H groups in total. The second-order valence-electron chi connectivity index (χ2n) is 9.12. The highest BCUT2D eigenvalue weighted by Gasteiger charge is 2.31. The Morgan fingerprint density at radius 3 is 2.58 bits per heavy atom. The van der Waals surface area contributed by atoms with Crippen LogP contribution in [-0.4, -0.2) is 63.2 Å². The van der Waals surface area contributed by atoms with Crippen LogP contribution in [-0.2, 0) is 16.3 Å². The van der Waals surface area contributed by atoms with E-state index in [1.54, 1.807) is 0 Å². The van der Waals surface area contributed by atoms with Crippen molar-refractivity contribution in [2.24, 2.45) is 10.9 Å². The first-order chi connectivity index (χ1) is 14.7. The first kappa shape index (κ1) is 22.6. The van der Waals surface area contributed by atoms with Crippen molar-refractivity contribution in [1.29, 1.82) is 0 Å². The van der Waals surface area contributed by atoms with Gasteiger partial charge < -0.3 is 4.90 Å². The van der Waals surface area contributed by atoms with Gasteiger partial charge in [0, 0.05) is 44.0 Å². The van der Waals surface area contributed by atoms with Crippen molar-refractivity contribution >= 4 is 33.3 Å². The number of sulfone groups is 1. The molecule has 1 saturated heterocycles. The lowest BCUT2D eigenvalue weighted by molar-refractivity contribution is 0.165. The first-order valence-electron chi connectivity index (χ1n) is 11.1. The summed E-state index contributed by atoms with van der Waals surface area (Å²) in [7, 11) is -0.796. The van der Waals surface area contributed by atoms with Crippen LogP contribution in [0.2, 0.25) is 0 Å². The maximum absolute atomic E-state index is 11.6. The standard InChI is InChI=1S/C24H32ClN3O2S/c1-17-8-9-19-6-4-5-7-22(19)27(2)24(17)20-14-23(26-15-21(20)25)28-12-10-18(11-13-28)16-31(3,29)30/h4-7,14-15,18,21,23H,8-13,16H2,1-3H3. The Morgan fingerprint density at radius 2 is 1.87 bits per heavy atom. The van der Waals surface area contributed by atoms with Crippen molar-refractivity contribution in [1.82, 2.24) is 4.90 Å². The van der Waals surface area contributed by atoms with Gasteiger partial charge in [-0.3, -0.25) is 9.89 Å². The third-order valence-corrected chi connectivity index (χ3v) is 8.12. The smallest absolute Gasteiger partial charge is 0.147 e. The average Bonchev–Trinajstić information content (AvgIpc) is 2.85. The molecule has 4 rings (SSSR count). The van der Waals surface area contributed by atoms with E-state index in [-0.39, 0.29) is 23.2 Å². The Hall–Kier alpha value is -1.63. The zero-order valence-corrected chi connectivity index (χ0v) is 20.2. The predicted molar refractivity (Wildman–Crippen MR) is 130 cm³/mol. The van der Waals surface area contributed by atoms with Gasteiger partial charge >= 0.3 is 0 Å². The summed E-state index contributed by atoms with van der Waals surface area (Å²) < 4.78 is 23.3. The van der Waals surface area contributed by atoms with E-state index in [9.17, 15) is 8.42 Å². The molecule has 0 aliphatic carbocycles. The number of allylic oxidation sites excluding steroid dienone is 2. The van der Waals surface area contributed by atoms with Gasteiger partial charge in [-0.05, 0) is 67.4 Å². The summed E-state index contributed by atoms with van der Waals surface area (Å²) in [6, 6.07) is 8.58. The van der Waals surface area contributed by atoms with Gasteiger partial charge in [-0.25, -0.2) is 8.42 Å². The number of halogens is 1. The number of piperidine rings is 1. The van der Waals surface area contributed by atoms with Crippen molar-refractivity contribution in [3.05, 3.63) is 52.7 Å². The Bertz CT molecular complexity index is 1020. The molecule has 0 amide bonds. The van der Waals surface area contributed by atoms with Gasteiger partial charge in [0.25, 0.3) is 0 Å². The number of hydrogen-bond donors (Lipinski definition) is 0. The summed E-state index contributed by atoms with van der Waals surface area (Å²) in [5.41, 5.74) is 6.26. The zero-order chi connectivity index (χ0) is 22.2. The lowest BCUT2D eigenvalue weighted by atomic mass is 9.96. The molecular formula is C24H32ClN3O2S. The summed E-state index contributed by atoms with van der Waals surface area (Å²) in [6.45, 7) is 3.92. The van der Waals surface area contributed by atoms with E-state index >= 15 is 0 Å². The highest BCUT2D eigenvalue weighted by molar-refractivity contribution is 7.90. The van der Waals surface area contributed by atoms with Gasteiger partial charge in [0.2, 0.25) is 0 Å². The lowest BCUT2D eigenvalue weighted by Gasteiger charge is -2.37. The van der Waals surface area contributed by atoms with Crippen molar-refractivity contribution in [2.75, 3.05) is 37.0 Å². The molecule has 31 heavy (non-hydrogen) atoms. The quantitative estimate of drug-likeness (QED) is 0.635. The minimum atomic E-state index is -2.93. The predicted octanol–water partition coefficient (Wildman–Crippen LogP) is 4.04. The molecule has 1 aromatic carbocycles. The minimum absolute atomic E-state index is 0.0450. The summed E-state index contributed by atoms with van der Waals surface area (Å²) in [5, 5.41) is -0.253. The molecule has 0 saturated carbocycles. The number of alkyl halides is 1. The van der Waals surface area contributed by atoms with Crippen molar-refractivity contribution in [2.45, 2.75) is 44.1 Å². The molecule has 2 unspecified atom stereocenters. The average molecular weight is 462 g/mol. The summed E-state index contributed by atoms with van der Waals surface area (Å²) in [5.74, 6) is 0.535. The normalized spacial score (nSPS) is 25.9. The number of para-hydroxylation sites is 1. The number of hydrogen-bond acceptors (Lipinski definition) is 5. The number of likely N-dealkylation sites (N-methyl/N-ethyl adjacent to an activating group) is 1. The molecule has 5 nitrogen and oxygen atoms in total. The van der Waals surface area contributed by atoms with Crippen LogP contribution in [0.15, 0.2) is 52.2 Å². The molecule has 1 fully saturated rings. The summed E-state index contributed by atoms with van der Waals surface area (Å²) in [4.78, 5) is 9.36. The lowest BCUT2D eigenvalue weighted by Crippen LogP contribution is -2.42. The molecule has 0 radical (unpaired) electrons. The zero-order valence-electron chi connectivity index (χ0n) is 18.6. The third kappa shape index (κ3) is 5.07. The monoisotopic (exact) mass is 461 g/mol. The molecule has 3 heterocycles. The van der Waals surface area contributed by atoms with E-state index in [1.165, 1.54) is 28.8 Å². The molecule has 0 spiro atoms. The molecule has 2 atom stereocenters. The number of aliphatic imine (C=N–C) groups is 1. The number of benzene rings is 1. The van der Waals surface area contributed by atoms with Crippen LogP contribution in [0.3, 0.4) is 0 Å². The fraction of sp³-hybridized carbons (Fsp3) is 0.542. The van der Waals surface area contributed by atoms with Crippen LogP contribution in [0.4, 0.5) is 5.69 Å². The first-order valence-corrected chi connectivity index (χ1v) is 13.6. The molecule has 7 heteroatoms. The SMILES string of the molecule is CC1=C(C2=CC(N3CCC(CS(C)(=O)=O)CC3)N=CC2Cl)N(C)c2ccccc2CC1. The number of likely N-dealkylation sites (tertiary alicyclic amines) is 1. The maximum atomic E-state index is 11.6. The van der Waals surface area contributed by atoms with Gasteiger partial charge in [-0.15, -0.1) is 11.6 Å². The van der Waals surface area contributed by atoms with E-state index in [4.69, 9.17) is 16.6 Å². The van der Waals surface area contributed by atoms with Crippen LogP contribution in [0, 0.1) is 5.92 Å². The highest BCUT2D eigenvalue weighted by Crippen LogP contribution is 2.37. The van der Waals surface area contributed by atoms with Crippen LogP contribution >= 0.6 is 11.6 Å². The highest BCUT2D eigenvalue weighted by atomic mass is 35.5. The van der Waals surface area contributed by atoms with Gasteiger partial charge in [0.15, 0.2) is 0 Å². The Morgan fingerprint density at radius 1 is 1.16 bits per heavy atom. The van der Waals surface area contributed by atoms with Crippen LogP contribution in [0.25, 0.3) is 0 Å². The number of anilines is 1. The van der Waals surface area contributed by atoms with Gasteiger partial charge in [-0.1, -0.05) is 18.2 Å². The van der Waals surface area contributed by atoms with Gasteiger partial charge in [0.1, 0.15) is 16.0 Å². The number of aryl methyl sites for hydroxylation is 1. The fourth-order valence-electron chi connectivity index (χ4n) is 5.10. The largest absolute Gasteiger partial charge is 0.344 e. The van der Waals surface area contributed by atoms with E-state index in [2.05, 4.69) is 54.1 Å². The third-order valence-electron chi connectivity index (χ3n) is 6.69. The Labute approximate surface area is 191 Å². The fourth-order valence-corrected chi connectivity index (χ4v) is 6.53. The summed E-state index contributed by atoms with van der Waals surface area (Å²) in [6.07, 6.45) is 9.20. The van der Waals surface area contributed by atoms with Crippen molar-refractivity contribution < 1.29 is 8.42 Å². The molecule has 3 aliphatic heterocycles. The second-order valence-corrected chi connectivity index (χ2v) is 11.8. The van der Waals surface area contributed by atoms with Crippen LogP contribution in [0.5, 0.6) is 0 Å². The molecular weight excluding hydrogens is 430 g/mol. The van der Waals surface area contributed by atoms with Crippen LogP contribution < -0.4 is 4.90 Å². The van der Waals surface area contributed by atoms with Crippen LogP contribution in [0.1, 0.15) is 31.7 Å². The minimum Gasteiger partial charge on any atom is -0.344 e. The van der Waals surface area contributed by atoms with Crippen molar-refractivity contribution in [3.63, 3.8) is 0 Å². The van der Waals surface area contributed by atoms with Gasteiger partial charge in [0.05, 0.1) is 11.1 Å². The molecule has 1 aromatic rings. The number of rotatable bonds is 4. The Balaban J connectivity index is 1.56. The van der Waals surface area contributed by atoms with Crippen molar-refractivity contribution in [3.8, 4) is 0 Å². The number of nitrogens with zero attached hydrogens (tertiary/aromatic N) is 3. The second kappa shape index (κ2) is 9.08. The maximum Gasteiger partial charge on any atom is 0.147 e. The molecule has 168 valence electrons. The molecule has 0 aromatic heterocycles. The van der Waals surface area contributed by atoms with E-state index in [1.807, 2.05) is 6.21 Å². The molecule has 0 bridgehead atoms. The van der Waals surface area contributed by atoms with E-state index < -0.39 is 9.84 Å². The Kier molecular flexibility index (Phi) is 6.61. The summed E-state index contributed by atoms with van der Waals surface area (Å²) >= 11 is 6.76. The molecule has 3 aliphatic rings. The van der Waals surface area contributed by atoms with E-state index in [0.29, 0.717) is 0 Å². The van der Waals surface area contributed by atoms with Gasteiger partial charge in [-0.2, -0.15) is 0 Å². The number of dihydropyridines is 1. The number of fused-ring (bicyclic) bond motifs is 1. The van der Waals surface area contributed by atoms with E-state index in [0.717, 1.165) is 44.3 Å². The topological polar surface area (TPSA) is 53.0 Å².